The Labute approximate surface area is 220 Å². The lowest BCUT2D eigenvalue weighted by Gasteiger charge is -2.26. The van der Waals surface area contributed by atoms with Gasteiger partial charge in [0.1, 0.15) is 11.9 Å². The van der Waals surface area contributed by atoms with E-state index in [1.54, 1.807) is 12.3 Å². The second-order valence-corrected chi connectivity index (χ2v) is 11.0. The number of Topliss-reactive ketones (excluding diaryl/α,β-unsaturated/α-hetero) is 1. The number of anilines is 2. The maximum Gasteiger partial charge on any atom is 0.262 e. The molecule has 5 rings (SSSR count). The summed E-state index contributed by atoms with van der Waals surface area (Å²) in [6.45, 7) is 10.1. The summed E-state index contributed by atoms with van der Waals surface area (Å²) in [4.78, 5) is 46.5. The van der Waals surface area contributed by atoms with Gasteiger partial charge in [-0.3, -0.25) is 19.0 Å². The zero-order valence-corrected chi connectivity index (χ0v) is 22.2. The monoisotopic (exact) mass is 519 g/mol. The molecule has 9 heteroatoms. The zero-order valence-electron chi connectivity index (χ0n) is 21.4. The highest BCUT2D eigenvalue weighted by molar-refractivity contribution is 7.11. The van der Waals surface area contributed by atoms with E-state index in [1.807, 2.05) is 6.07 Å². The summed E-state index contributed by atoms with van der Waals surface area (Å²) in [6.07, 6.45) is 4.50. The molecule has 3 aromatic rings. The molecule has 194 valence electrons. The molecule has 1 aromatic carbocycles. The Morgan fingerprint density at radius 3 is 2.78 bits per heavy atom. The van der Waals surface area contributed by atoms with Crippen LogP contribution in [0.2, 0.25) is 0 Å². The normalized spacial score (nSPS) is 17.9. The number of nitrogens with zero attached hydrogens (tertiary/aromatic N) is 3. The summed E-state index contributed by atoms with van der Waals surface area (Å²) in [5.74, 6) is 0.386. The Morgan fingerprint density at radius 2 is 2.03 bits per heavy atom. The number of piperidine rings is 1. The summed E-state index contributed by atoms with van der Waals surface area (Å²) in [6, 6.07) is 5.68. The summed E-state index contributed by atoms with van der Waals surface area (Å²) >= 11 is 1.45. The average molecular weight is 520 g/mol. The van der Waals surface area contributed by atoms with Crippen molar-refractivity contribution in [1.82, 2.24) is 14.9 Å². The van der Waals surface area contributed by atoms with E-state index in [0.29, 0.717) is 48.1 Å². The van der Waals surface area contributed by atoms with Gasteiger partial charge in [-0.1, -0.05) is 12.6 Å². The van der Waals surface area contributed by atoms with Gasteiger partial charge in [-0.15, -0.1) is 11.3 Å². The number of benzene rings is 1. The smallest absolute Gasteiger partial charge is 0.262 e. The van der Waals surface area contributed by atoms with Crippen molar-refractivity contribution in [2.45, 2.75) is 58.4 Å². The maximum atomic E-state index is 13.3. The molecular formula is C28H33N5O3S. The van der Waals surface area contributed by atoms with E-state index in [4.69, 9.17) is 4.98 Å². The van der Waals surface area contributed by atoms with E-state index in [9.17, 15) is 14.4 Å². The molecule has 1 unspecified atom stereocenters. The summed E-state index contributed by atoms with van der Waals surface area (Å²) in [5.41, 5.74) is 4.54. The number of ketones is 1. The van der Waals surface area contributed by atoms with Gasteiger partial charge in [0.05, 0.1) is 17.4 Å². The first-order valence-corrected chi connectivity index (χ1v) is 13.8. The number of thiophene rings is 1. The summed E-state index contributed by atoms with van der Waals surface area (Å²) in [5, 5.41) is 8.33. The number of hydrogen-bond acceptors (Lipinski definition) is 7. The van der Waals surface area contributed by atoms with E-state index < -0.39 is 6.04 Å². The molecule has 1 atom stereocenters. The van der Waals surface area contributed by atoms with Crippen molar-refractivity contribution in [2.75, 3.05) is 29.9 Å². The van der Waals surface area contributed by atoms with Crippen LogP contribution in [0.15, 0.2) is 40.6 Å². The lowest BCUT2D eigenvalue weighted by atomic mass is 10.0. The SMILES string of the molecule is C=C1CCC(n2c(C)nc3c(CCC(=O)CNc4ccc(C)c(N5CCCC5)c4)scc3c2=O)C(=O)N1. The van der Waals surface area contributed by atoms with Crippen LogP contribution in [0.25, 0.3) is 10.9 Å². The van der Waals surface area contributed by atoms with Gasteiger partial charge in [0.15, 0.2) is 5.78 Å². The lowest BCUT2D eigenvalue weighted by Crippen LogP contribution is -2.41. The molecule has 0 spiro atoms. The molecule has 4 heterocycles. The third-order valence-corrected chi connectivity index (χ3v) is 8.36. The first-order valence-electron chi connectivity index (χ1n) is 12.9. The van der Waals surface area contributed by atoms with Crippen LogP contribution in [0.4, 0.5) is 11.4 Å². The number of carbonyl (C=O) groups excluding carboxylic acids is 2. The average Bonchev–Trinajstić information content (AvgIpc) is 3.54. The first-order chi connectivity index (χ1) is 17.8. The van der Waals surface area contributed by atoms with Crippen LogP contribution in [-0.4, -0.2) is 40.9 Å². The molecule has 2 aromatic heterocycles. The highest BCUT2D eigenvalue weighted by Crippen LogP contribution is 2.28. The number of nitrogens with one attached hydrogen (secondary N) is 2. The van der Waals surface area contributed by atoms with Gasteiger partial charge in [0, 0.05) is 46.8 Å². The highest BCUT2D eigenvalue weighted by atomic mass is 32.1. The van der Waals surface area contributed by atoms with Crippen LogP contribution >= 0.6 is 11.3 Å². The fourth-order valence-electron chi connectivity index (χ4n) is 5.27. The molecule has 37 heavy (non-hydrogen) atoms. The van der Waals surface area contributed by atoms with Crippen molar-refractivity contribution >= 4 is 45.3 Å². The standard InChI is InChI=1S/C28H33N5O3S/c1-17-6-8-20(14-24(17)32-12-4-5-13-32)29-15-21(34)9-11-25-26-22(16-37-25)28(36)33(19(3)31-26)23-10-7-18(2)30-27(23)35/h6,8,14,16,23,29H,2,4-5,7,9-13,15H2,1,3H3,(H,30,35). The maximum absolute atomic E-state index is 13.3. The molecule has 0 saturated carbocycles. The van der Waals surface area contributed by atoms with Crippen LogP contribution in [0.3, 0.4) is 0 Å². The van der Waals surface area contributed by atoms with Gasteiger partial charge in [0.2, 0.25) is 5.91 Å². The Balaban J connectivity index is 1.24. The van der Waals surface area contributed by atoms with Crippen LogP contribution in [0, 0.1) is 13.8 Å². The molecule has 0 aliphatic carbocycles. The van der Waals surface area contributed by atoms with Gasteiger partial charge in [0.25, 0.3) is 5.56 Å². The minimum Gasteiger partial charge on any atom is -0.378 e. The molecular weight excluding hydrogens is 486 g/mol. The van der Waals surface area contributed by atoms with Gasteiger partial charge in [-0.25, -0.2) is 4.98 Å². The minimum atomic E-state index is -0.585. The number of carbonyl (C=O) groups is 2. The first kappa shape index (κ1) is 25.2. The van der Waals surface area contributed by atoms with Crippen molar-refractivity contribution in [2.24, 2.45) is 0 Å². The zero-order chi connectivity index (χ0) is 26.1. The molecule has 8 nitrogen and oxygen atoms in total. The van der Waals surface area contributed by atoms with E-state index in [-0.39, 0.29) is 23.8 Å². The summed E-state index contributed by atoms with van der Waals surface area (Å²) < 4.78 is 1.49. The second-order valence-electron chi connectivity index (χ2n) is 9.99. The summed E-state index contributed by atoms with van der Waals surface area (Å²) in [7, 11) is 0. The van der Waals surface area contributed by atoms with Crippen LogP contribution in [0.5, 0.6) is 0 Å². The predicted octanol–water partition coefficient (Wildman–Crippen LogP) is 4.25. The number of rotatable bonds is 8. The number of fused-ring (bicyclic) bond motifs is 1. The quantitative estimate of drug-likeness (QED) is 0.462. The molecule has 2 saturated heterocycles. The highest BCUT2D eigenvalue weighted by Gasteiger charge is 2.29. The van der Waals surface area contributed by atoms with Crippen LogP contribution < -0.4 is 21.1 Å². The molecule has 2 aliphatic heterocycles. The van der Waals surface area contributed by atoms with E-state index in [2.05, 4.69) is 41.2 Å². The van der Waals surface area contributed by atoms with E-state index in [1.165, 1.54) is 40.0 Å². The number of aromatic nitrogens is 2. The largest absolute Gasteiger partial charge is 0.378 e. The lowest BCUT2D eigenvalue weighted by molar-refractivity contribution is -0.125. The predicted molar refractivity (Wildman–Crippen MR) is 149 cm³/mol. The van der Waals surface area contributed by atoms with E-state index >= 15 is 0 Å². The van der Waals surface area contributed by atoms with Gasteiger partial charge < -0.3 is 15.5 Å². The van der Waals surface area contributed by atoms with E-state index in [0.717, 1.165) is 23.7 Å². The molecule has 2 N–H and O–H groups in total. The Hall–Kier alpha value is -3.46. The van der Waals surface area contributed by atoms with Gasteiger partial charge >= 0.3 is 0 Å². The molecule has 1 amide bonds. The number of hydrogen-bond donors (Lipinski definition) is 2. The molecule has 2 aliphatic rings. The third-order valence-electron chi connectivity index (χ3n) is 7.32. The third kappa shape index (κ3) is 5.18. The van der Waals surface area contributed by atoms with Gasteiger partial charge in [-0.05, 0) is 63.6 Å². The number of aryl methyl sites for hydroxylation is 3. The fourth-order valence-corrected chi connectivity index (χ4v) is 6.23. The van der Waals surface area contributed by atoms with Crippen molar-refractivity contribution in [3.63, 3.8) is 0 Å². The Kier molecular flexibility index (Phi) is 7.15. The molecule has 2 fully saturated rings. The number of allylic oxidation sites excluding steroid dienone is 1. The van der Waals surface area contributed by atoms with Crippen molar-refractivity contribution in [1.29, 1.82) is 0 Å². The van der Waals surface area contributed by atoms with Crippen molar-refractivity contribution < 1.29 is 9.59 Å². The van der Waals surface area contributed by atoms with Crippen LogP contribution in [0.1, 0.15) is 54.4 Å². The molecule has 0 bridgehead atoms. The van der Waals surface area contributed by atoms with Crippen molar-refractivity contribution in [3.05, 3.63) is 62.5 Å². The fraction of sp³-hybridized carbons (Fsp3) is 0.429. The topological polar surface area (TPSA) is 96.3 Å². The number of amides is 1. The van der Waals surface area contributed by atoms with Gasteiger partial charge in [-0.2, -0.15) is 0 Å². The Bertz CT molecular complexity index is 1430. The second kappa shape index (κ2) is 10.5. The minimum absolute atomic E-state index is 0.106. The van der Waals surface area contributed by atoms with Crippen LogP contribution in [-0.2, 0) is 16.0 Å². The van der Waals surface area contributed by atoms with Crippen molar-refractivity contribution in [3.8, 4) is 0 Å². The Morgan fingerprint density at radius 1 is 1.24 bits per heavy atom. The molecule has 0 radical (unpaired) electrons.